The van der Waals surface area contributed by atoms with Crippen LogP contribution in [0, 0.1) is 6.92 Å². The van der Waals surface area contributed by atoms with E-state index < -0.39 is 0 Å². The highest BCUT2D eigenvalue weighted by molar-refractivity contribution is 7.99. The lowest BCUT2D eigenvalue weighted by atomic mass is 10.2. The van der Waals surface area contributed by atoms with Crippen LogP contribution in [0.3, 0.4) is 0 Å². The minimum absolute atomic E-state index is 0.0520. The average molecular weight is 255 g/mol. The summed E-state index contributed by atoms with van der Waals surface area (Å²) in [5, 5.41) is 21.5. The second-order valence-electron chi connectivity index (χ2n) is 3.73. The van der Waals surface area contributed by atoms with Gasteiger partial charge in [0.25, 0.3) is 0 Å². The quantitative estimate of drug-likeness (QED) is 0.243. The Hall–Kier alpha value is -1.27. The van der Waals surface area contributed by atoms with Gasteiger partial charge in [-0.25, -0.2) is 4.98 Å². The molecular formula is C11H17N3O2S. The average Bonchev–Trinajstić information content (AvgIpc) is 2.28. The molecule has 0 fully saturated rings. The van der Waals surface area contributed by atoms with Crippen LogP contribution in [-0.4, -0.2) is 33.0 Å². The molecule has 6 heteroatoms. The maximum atomic E-state index is 8.87. The Morgan fingerprint density at radius 1 is 1.59 bits per heavy atom. The molecule has 17 heavy (non-hydrogen) atoms. The van der Waals surface area contributed by atoms with E-state index in [-0.39, 0.29) is 17.7 Å². The van der Waals surface area contributed by atoms with Gasteiger partial charge in [0.15, 0.2) is 5.84 Å². The van der Waals surface area contributed by atoms with Gasteiger partial charge < -0.3 is 16.0 Å². The molecule has 0 bridgehead atoms. The first-order chi connectivity index (χ1) is 8.08. The summed E-state index contributed by atoms with van der Waals surface area (Å²) in [4.78, 5) is 4.37. The Morgan fingerprint density at radius 3 is 2.88 bits per heavy atom. The lowest BCUT2D eigenvalue weighted by Crippen LogP contribution is -2.16. The zero-order valence-electron chi connectivity index (χ0n) is 9.92. The molecule has 0 saturated carbocycles. The number of nitrogens with two attached hydrogens (primary N) is 1. The minimum Gasteiger partial charge on any atom is -0.409 e. The summed E-state index contributed by atoms with van der Waals surface area (Å²) in [6, 6.07) is 3.60. The summed E-state index contributed by atoms with van der Waals surface area (Å²) < 4.78 is 0. The highest BCUT2D eigenvalue weighted by Crippen LogP contribution is 2.26. The van der Waals surface area contributed by atoms with Gasteiger partial charge in [0.1, 0.15) is 5.03 Å². The SMILES string of the molecule is Cc1ccc(C(N)=NO)c(SC(C)CCO)n1. The first kappa shape index (κ1) is 13.8. The Bertz CT molecular complexity index is 410. The standard InChI is InChI=1S/C11H17N3O2S/c1-7-3-4-9(10(12)14-16)11(13-7)17-8(2)5-6-15/h3-4,8,15-16H,5-6H2,1-2H3,(H2,12,14). The molecule has 0 saturated heterocycles. The number of nitrogens with zero attached hydrogens (tertiary/aromatic N) is 2. The van der Waals surface area contributed by atoms with E-state index in [0.29, 0.717) is 12.0 Å². The van der Waals surface area contributed by atoms with Crippen LogP contribution in [0.5, 0.6) is 0 Å². The number of oxime groups is 1. The maximum absolute atomic E-state index is 8.87. The zero-order valence-corrected chi connectivity index (χ0v) is 10.7. The topological polar surface area (TPSA) is 91.7 Å². The maximum Gasteiger partial charge on any atom is 0.172 e. The van der Waals surface area contributed by atoms with Crippen molar-refractivity contribution < 1.29 is 10.3 Å². The third-order valence-corrected chi connectivity index (χ3v) is 3.40. The summed E-state index contributed by atoms with van der Waals surface area (Å²) in [5.41, 5.74) is 7.08. The number of rotatable bonds is 5. The molecule has 1 unspecified atom stereocenters. The number of amidine groups is 1. The molecule has 94 valence electrons. The van der Waals surface area contributed by atoms with Crippen LogP contribution < -0.4 is 5.73 Å². The Balaban J connectivity index is 2.99. The Kier molecular flexibility index (Phi) is 5.24. The molecule has 0 aliphatic rings. The van der Waals surface area contributed by atoms with Gasteiger partial charge in [-0.05, 0) is 25.5 Å². The van der Waals surface area contributed by atoms with Crippen LogP contribution in [0.15, 0.2) is 22.3 Å². The van der Waals surface area contributed by atoms with E-state index in [1.807, 2.05) is 19.9 Å². The van der Waals surface area contributed by atoms with Crippen LogP contribution in [0.2, 0.25) is 0 Å². The van der Waals surface area contributed by atoms with Crippen molar-refractivity contribution in [3.8, 4) is 0 Å². The van der Waals surface area contributed by atoms with Gasteiger partial charge in [0.2, 0.25) is 0 Å². The minimum atomic E-state index is 0.0520. The van der Waals surface area contributed by atoms with Crippen LogP contribution in [0.1, 0.15) is 24.6 Å². The first-order valence-electron chi connectivity index (χ1n) is 5.31. The number of aliphatic hydroxyl groups is 1. The zero-order chi connectivity index (χ0) is 12.8. The molecule has 1 heterocycles. The van der Waals surface area contributed by atoms with Gasteiger partial charge >= 0.3 is 0 Å². The normalized spacial score (nSPS) is 13.7. The third kappa shape index (κ3) is 3.90. The van der Waals surface area contributed by atoms with Crippen molar-refractivity contribution in [2.75, 3.05) is 6.61 Å². The molecule has 0 aliphatic carbocycles. The van der Waals surface area contributed by atoms with Crippen LogP contribution in [0.4, 0.5) is 0 Å². The molecule has 0 aliphatic heterocycles. The van der Waals surface area contributed by atoms with Gasteiger partial charge in [-0.1, -0.05) is 12.1 Å². The van der Waals surface area contributed by atoms with E-state index in [4.69, 9.17) is 16.0 Å². The van der Waals surface area contributed by atoms with Crippen molar-refractivity contribution in [3.05, 3.63) is 23.4 Å². The number of aryl methyl sites for hydroxylation is 1. The number of aliphatic hydroxyl groups excluding tert-OH is 1. The lowest BCUT2D eigenvalue weighted by Gasteiger charge is -2.12. The van der Waals surface area contributed by atoms with Crippen molar-refractivity contribution in [1.82, 2.24) is 4.98 Å². The van der Waals surface area contributed by atoms with Crippen molar-refractivity contribution in [2.45, 2.75) is 30.5 Å². The predicted octanol–water partition coefficient (Wildman–Crippen LogP) is 1.35. The van der Waals surface area contributed by atoms with Gasteiger partial charge in [0.05, 0.1) is 5.56 Å². The molecule has 1 rings (SSSR count). The van der Waals surface area contributed by atoms with E-state index >= 15 is 0 Å². The summed E-state index contributed by atoms with van der Waals surface area (Å²) in [6.45, 7) is 4.02. The van der Waals surface area contributed by atoms with Gasteiger partial charge in [0, 0.05) is 17.6 Å². The monoisotopic (exact) mass is 255 g/mol. The van der Waals surface area contributed by atoms with E-state index in [0.717, 1.165) is 10.7 Å². The molecule has 0 spiro atoms. The van der Waals surface area contributed by atoms with Gasteiger partial charge in [-0.2, -0.15) is 0 Å². The van der Waals surface area contributed by atoms with Crippen molar-refractivity contribution in [1.29, 1.82) is 0 Å². The summed E-state index contributed by atoms with van der Waals surface area (Å²) in [5.74, 6) is 0.0520. The number of pyridine rings is 1. The number of thioether (sulfide) groups is 1. The molecule has 4 N–H and O–H groups in total. The lowest BCUT2D eigenvalue weighted by molar-refractivity contribution is 0.289. The van der Waals surface area contributed by atoms with Crippen molar-refractivity contribution >= 4 is 17.6 Å². The number of hydrogen-bond donors (Lipinski definition) is 3. The third-order valence-electron chi connectivity index (χ3n) is 2.23. The molecule has 0 aromatic carbocycles. The largest absolute Gasteiger partial charge is 0.409 e. The van der Waals surface area contributed by atoms with Gasteiger partial charge in [-0.3, -0.25) is 0 Å². The van der Waals surface area contributed by atoms with Crippen LogP contribution >= 0.6 is 11.8 Å². The second-order valence-corrected chi connectivity index (χ2v) is 5.16. The van der Waals surface area contributed by atoms with E-state index in [9.17, 15) is 0 Å². The molecule has 0 radical (unpaired) electrons. The second kappa shape index (κ2) is 6.46. The van der Waals surface area contributed by atoms with Crippen molar-refractivity contribution in [2.24, 2.45) is 10.9 Å². The fourth-order valence-corrected chi connectivity index (χ4v) is 2.40. The number of aromatic nitrogens is 1. The highest BCUT2D eigenvalue weighted by Gasteiger charge is 2.13. The molecule has 1 atom stereocenters. The fraction of sp³-hybridized carbons (Fsp3) is 0.455. The fourth-order valence-electron chi connectivity index (χ4n) is 1.30. The Morgan fingerprint density at radius 2 is 2.29 bits per heavy atom. The smallest absolute Gasteiger partial charge is 0.172 e. The van der Waals surface area contributed by atoms with E-state index in [1.54, 1.807) is 6.07 Å². The van der Waals surface area contributed by atoms with E-state index in [1.165, 1.54) is 11.8 Å². The van der Waals surface area contributed by atoms with E-state index in [2.05, 4.69) is 10.1 Å². The molecule has 5 nitrogen and oxygen atoms in total. The number of hydrogen-bond acceptors (Lipinski definition) is 5. The van der Waals surface area contributed by atoms with Gasteiger partial charge in [-0.15, -0.1) is 11.8 Å². The predicted molar refractivity (Wildman–Crippen MR) is 68.5 cm³/mol. The molecule has 1 aromatic heterocycles. The summed E-state index contributed by atoms with van der Waals surface area (Å²) >= 11 is 1.51. The first-order valence-corrected chi connectivity index (χ1v) is 6.19. The van der Waals surface area contributed by atoms with Crippen LogP contribution in [-0.2, 0) is 0 Å². The molecule has 0 amide bonds. The summed E-state index contributed by atoms with van der Waals surface area (Å²) in [7, 11) is 0. The summed E-state index contributed by atoms with van der Waals surface area (Å²) in [6.07, 6.45) is 0.676. The van der Waals surface area contributed by atoms with Crippen LogP contribution in [0.25, 0.3) is 0 Å². The van der Waals surface area contributed by atoms with Crippen molar-refractivity contribution in [3.63, 3.8) is 0 Å². The molecular weight excluding hydrogens is 238 g/mol. The Labute approximate surface area is 105 Å². The molecule has 1 aromatic rings. The highest BCUT2D eigenvalue weighted by atomic mass is 32.2.